The first-order chi connectivity index (χ1) is 14.3. The van der Waals surface area contributed by atoms with Gasteiger partial charge in [-0.25, -0.2) is 4.79 Å². The van der Waals surface area contributed by atoms with Crippen molar-refractivity contribution in [3.63, 3.8) is 0 Å². The number of fused-ring (bicyclic) bond motifs is 1. The van der Waals surface area contributed by atoms with Crippen LogP contribution in [0.25, 0.3) is 0 Å². The maximum Gasteiger partial charge on any atom is 0.335 e. The summed E-state index contributed by atoms with van der Waals surface area (Å²) in [6, 6.07) is 9.79. The van der Waals surface area contributed by atoms with Crippen LogP contribution in [0.3, 0.4) is 0 Å². The van der Waals surface area contributed by atoms with Gasteiger partial charge in [0.15, 0.2) is 0 Å². The SMILES string of the molecule is O=C1CCC(N2Cc3c(C(=O)Nc4cccc(C(=O)O)c4)cccc3C2=O)C(=O)N1. The minimum atomic E-state index is -1.11. The summed E-state index contributed by atoms with van der Waals surface area (Å²) in [6.07, 6.45) is 0.373. The third-order valence-electron chi connectivity index (χ3n) is 5.19. The van der Waals surface area contributed by atoms with Crippen LogP contribution in [0, 0.1) is 0 Å². The Kier molecular flexibility index (Phi) is 4.78. The summed E-state index contributed by atoms with van der Waals surface area (Å²) in [6.45, 7) is 0.0687. The van der Waals surface area contributed by atoms with Crippen LogP contribution in [-0.2, 0) is 16.1 Å². The number of amides is 4. The van der Waals surface area contributed by atoms with Crippen LogP contribution in [-0.4, -0.2) is 45.6 Å². The lowest BCUT2D eigenvalue weighted by Crippen LogP contribution is -2.52. The fourth-order valence-corrected chi connectivity index (χ4v) is 3.73. The molecule has 0 aliphatic carbocycles. The molecule has 2 aliphatic rings. The highest BCUT2D eigenvalue weighted by Gasteiger charge is 2.40. The van der Waals surface area contributed by atoms with Crippen LogP contribution in [0.15, 0.2) is 42.5 Å². The zero-order valence-electron chi connectivity index (χ0n) is 15.7. The molecule has 1 saturated heterocycles. The second kappa shape index (κ2) is 7.43. The Balaban J connectivity index is 1.59. The van der Waals surface area contributed by atoms with Crippen LogP contribution in [0.1, 0.15) is 49.5 Å². The highest BCUT2D eigenvalue weighted by Crippen LogP contribution is 2.30. The Labute approximate surface area is 170 Å². The molecule has 3 N–H and O–H groups in total. The lowest BCUT2D eigenvalue weighted by molar-refractivity contribution is -0.136. The average Bonchev–Trinajstić information content (AvgIpc) is 3.04. The number of nitrogens with one attached hydrogen (secondary N) is 2. The Morgan fingerprint density at radius 1 is 1.10 bits per heavy atom. The summed E-state index contributed by atoms with van der Waals surface area (Å²) in [5.74, 6) is -2.88. The van der Waals surface area contributed by atoms with Crippen molar-refractivity contribution in [3.05, 3.63) is 64.7 Å². The minimum Gasteiger partial charge on any atom is -0.478 e. The number of nitrogens with zero attached hydrogens (tertiary/aromatic N) is 1. The number of piperidine rings is 1. The lowest BCUT2D eigenvalue weighted by Gasteiger charge is -2.29. The number of hydrogen-bond donors (Lipinski definition) is 3. The third kappa shape index (κ3) is 3.41. The third-order valence-corrected chi connectivity index (χ3v) is 5.19. The monoisotopic (exact) mass is 407 g/mol. The van der Waals surface area contributed by atoms with Gasteiger partial charge < -0.3 is 15.3 Å². The Morgan fingerprint density at radius 3 is 2.60 bits per heavy atom. The smallest absolute Gasteiger partial charge is 0.335 e. The summed E-state index contributed by atoms with van der Waals surface area (Å²) in [7, 11) is 0. The number of carboxylic acids is 1. The molecule has 1 fully saturated rings. The molecule has 1 atom stereocenters. The minimum absolute atomic E-state index is 0.0327. The first-order valence-corrected chi connectivity index (χ1v) is 9.26. The van der Waals surface area contributed by atoms with E-state index in [1.807, 2.05) is 0 Å². The van der Waals surface area contributed by atoms with Crippen LogP contribution >= 0.6 is 0 Å². The molecule has 2 aromatic rings. The average molecular weight is 407 g/mol. The van der Waals surface area contributed by atoms with E-state index in [1.165, 1.54) is 23.1 Å². The van der Waals surface area contributed by atoms with Gasteiger partial charge in [0.25, 0.3) is 11.8 Å². The van der Waals surface area contributed by atoms with Gasteiger partial charge in [0.1, 0.15) is 6.04 Å². The van der Waals surface area contributed by atoms with Crippen molar-refractivity contribution in [2.75, 3.05) is 5.32 Å². The number of hydrogen-bond acceptors (Lipinski definition) is 5. The molecule has 0 saturated carbocycles. The molecule has 152 valence electrons. The fraction of sp³-hybridized carbons (Fsp3) is 0.190. The van der Waals surface area contributed by atoms with Crippen molar-refractivity contribution in [2.45, 2.75) is 25.4 Å². The van der Waals surface area contributed by atoms with Gasteiger partial charge in [0, 0.05) is 29.8 Å². The number of carbonyl (C=O) groups is 5. The quantitative estimate of drug-likeness (QED) is 0.656. The van der Waals surface area contributed by atoms with Gasteiger partial charge in [0.05, 0.1) is 5.56 Å². The van der Waals surface area contributed by atoms with Crippen LogP contribution < -0.4 is 10.6 Å². The van der Waals surface area contributed by atoms with Gasteiger partial charge >= 0.3 is 5.97 Å². The molecule has 4 rings (SSSR count). The molecule has 30 heavy (non-hydrogen) atoms. The maximum absolute atomic E-state index is 12.8. The summed E-state index contributed by atoms with van der Waals surface area (Å²) >= 11 is 0. The van der Waals surface area contributed by atoms with Crippen molar-refractivity contribution in [1.82, 2.24) is 10.2 Å². The zero-order chi connectivity index (χ0) is 21.4. The van der Waals surface area contributed by atoms with E-state index in [2.05, 4.69) is 10.6 Å². The number of anilines is 1. The predicted molar refractivity (Wildman–Crippen MR) is 104 cm³/mol. The molecule has 9 nitrogen and oxygen atoms in total. The summed E-state index contributed by atoms with van der Waals surface area (Å²) in [5, 5.41) is 14.0. The Bertz CT molecular complexity index is 1110. The second-order valence-electron chi connectivity index (χ2n) is 7.07. The highest BCUT2D eigenvalue weighted by molar-refractivity contribution is 6.10. The Morgan fingerprint density at radius 2 is 1.87 bits per heavy atom. The van der Waals surface area contributed by atoms with E-state index < -0.39 is 23.8 Å². The molecule has 9 heteroatoms. The van der Waals surface area contributed by atoms with Gasteiger partial charge in [-0.3, -0.25) is 24.5 Å². The molecule has 0 spiro atoms. The molecular formula is C21H17N3O6. The topological polar surface area (TPSA) is 133 Å². The second-order valence-corrected chi connectivity index (χ2v) is 7.07. The normalized spacial score (nSPS) is 18.1. The molecule has 1 unspecified atom stereocenters. The fourth-order valence-electron chi connectivity index (χ4n) is 3.73. The molecule has 2 aliphatic heterocycles. The summed E-state index contributed by atoms with van der Waals surface area (Å²) in [4.78, 5) is 61.7. The molecule has 4 amide bonds. The van der Waals surface area contributed by atoms with E-state index in [9.17, 15) is 24.0 Å². The Hall–Kier alpha value is -4.01. The van der Waals surface area contributed by atoms with E-state index >= 15 is 0 Å². The molecule has 0 bridgehead atoms. The predicted octanol–water partition coefficient (Wildman–Crippen LogP) is 1.40. The number of benzene rings is 2. The first-order valence-electron chi connectivity index (χ1n) is 9.26. The molecular weight excluding hydrogens is 390 g/mol. The number of carboxylic acid groups (broad SMARTS) is 1. The van der Waals surface area contributed by atoms with E-state index in [4.69, 9.17) is 5.11 Å². The molecule has 2 aromatic carbocycles. The summed E-state index contributed by atoms with van der Waals surface area (Å²) < 4.78 is 0. The van der Waals surface area contributed by atoms with Crippen LogP contribution in [0.4, 0.5) is 5.69 Å². The standard InChI is InChI=1S/C21H17N3O6/c25-17-8-7-16(19(27)23-17)24-10-15-13(5-2-6-14(15)20(24)28)18(26)22-12-4-1-3-11(9-12)21(29)30/h1-6,9,16H,7-8,10H2,(H,22,26)(H,29,30)(H,23,25,27). The maximum atomic E-state index is 12.8. The van der Waals surface area contributed by atoms with Gasteiger partial charge in [-0.15, -0.1) is 0 Å². The van der Waals surface area contributed by atoms with E-state index in [0.717, 1.165) is 0 Å². The zero-order valence-corrected chi connectivity index (χ0v) is 15.7. The van der Waals surface area contributed by atoms with Gasteiger partial charge in [-0.2, -0.15) is 0 Å². The molecule has 0 radical (unpaired) electrons. The van der Waals surface area contributed by atoms with E-state index in [0.29, 0.717) is 16.8 Å². The number of rotatable bonds is 4. The molecule has 2 heterocycles. The van der Waals surface area contributed by atoms with E-state index in [-0.39, 0.29) is 42.3 Å². The summed E-state index contributed by atoms with van der Waals surface area (Å²) in [5.41, 5.74) is 1.41. The largest absolute Gasteiger partial charge is 0.478 e. The number of imide groups is 1. The van der Waals surface area contributed by atoms with Crippen molar-refractivity contribution < 1.29 is 29.1 Å². The van der Waals surface area contributed by atoms with Crippen molar-refractivity contribution in [3.8, 4) is 0 Å². The van der Waals surface area contributed by atoms with Gasteiger partial charge in [-0.1, -0.05) is 12.1 Å². The lowest BCUT2D eigenvalue weighted by atomic mass is 10.0. The van der Waals surface area contributed by atoms with Crippen LogP contribution in [0.5, 0.6) is 0 Å². The van der Waals surface area contributed by atoms with Crippen LogP contribution in [0.2, 0.25) is 0 Å². The number of aromatic carboxylic acids is 1. The number of carbonyl (C=O) groups excluding carboxylic acids is 4. The first kappa shape index (κ1) is 19.3. The highest BCUT2D eigenvalue weighted by atomic mass is 16.4. The van der Waals surface area contributed by atoms with Gasteiger partial charge in [-0.05, 0) is 42.3 Å². The van der Waals surface area contributed by atoms with Crippen molar-refractivity contribution in [1.29, 1.82) is 0 Å². The molecule has 0 aromatic heterocycles. The van der Waals surface area contributed by atoms with Crippen molar-refractivity contribution >= 4 is 35.3 Å². The van der Waals surface area contributed by atoms with E-state index in [1.54, 1.807) is 24.3 Å². The van der Waals surface area contributed by atoms with Gasteiger partial charge in [0.2, 0.25) is 11.8 Å². The van der Waals surface area contributed by atoms with Crippen molar-refractivity contribution in [2.24, 2.45) is 0 Å².